The first kappa shape index (κ1) is 22.6. The number of aromatic nitrogens is 3. The zero-order chi connectivity index (χ0) is 22.7. The number of H-pyrrole nitrogens is 2. The summed E-state index contributed by atoms with van der Waals surface area (Å²) in [5, 5.41) is 9.20. The van der Waals surface area contributed by atoms with Gasteiger partial charge in [0.15, 0.2) is 0 Å². The zero-order valence-corrected chi connectivity index (χ0v) is 20.1. The van der Waals surface area contributed by atoms with E-state index in [0.717, 1.165) is 42.9 Å². The minimum atomic E-state index is 0.415. The molecular formula is C27H38N4O. The number of benzene rings is 1. The highest BCUT2D eigenvalue weighted by Crippen LogP contribution is 2.40. The van der Waals surface area contributed by atoms with Crippen LogP contribution < -0.4 is 4.90 Å². The third-order valence-corrected chi connectivity index (χ3v) is 7.67. The molecule has 2 N–H and O–H groups in total. The number of rotatable bonds is 5. The number of anilines is 1. The van der Waals surface area contributed by atoms with Crippen LogP contribution in [0.2, 0.25) is 0 Å². The average molecular weight is 435 g/mol. The summed E-state index contributed by atoms with van der Waals surface area (Å²) in [5.74, 6) is 0.743. The van der Waals surface area contributed by atoms with Gasteiger partial charge < -0.3 is 14.7 Å². The van der Waals surface area contributed by atoms with Crippen molar-refractivity contribution in [3.05, 3.63) is 35.5 Å². The Bertz CT molecular complexity index is 1060. The number of carbonyl (C=O) groups excluding carboxylic acids is 1. The molecule has 2 aromatic heterocycles. The maximum absolute atomic E-state index is 9.96. The van der Waals surface area contributed by atoms with Gasteiger partial charge >= 0.3 is 0 Å². The van der Waals surface area contributed by atoms with Crippen LogP contribution in [-0.2, 0) is 17.6 Å². The Morgan fingerprint density at radius 2 is 2.00 bits per heavy atom. The lowest BCUT2D eigenvalue weighted by Crippen LogP contribution is -2.24. The molecule has 0 aliphatic heterocycles. The standard InChI is InChI=1S/C20H26N4.C7H12O/c1-5-20(2)9-8-15-18(12-20)22-23-19(15)17-10-13-6-7-14(24(3)4)11-16(13)21-17;8-6-5-7-3-1-2-4-7/h6-7,10-11,21H,5,8-9,12H2,1-4H3,(H,22,23);6-7H,1-5H2. The first-order chi connectivity index (χ1) is 15.4. The second-order valence-corrected chi connectivity index (χ2v) is 10.3. The quantitative estimate of drug-likeness (QED) is 0.464. The molecule has 5 rings (SSSR count). The summed E-state index contributed by atoms with van der Waals surface area (Å²) in [5.41, 5.74) is 7.75. The normalized spacial score (nSPS) is 20.6. The predicted octanol–water partition coefficient (Wildman–Crippen LogP) is 6.29. The molecule has 2 heterocycles. The van der Waals surface area contributed by atoms with E-state index in [-0.39, 0.29) is 0 Å². The third kappa shape index (κ3) is 4.77. The first-order valence-electron chi connectivity index (χ1n) is 12.2. The van der Waals surface area contributed by atoms with E-state index in [1.807, 2.05) is 0 Å². The second-order valence-electron chi connectivity index (χ2n) is 10.3. The summed E-state index contributed by atoms with van der Waals surface area (Å²) in [6.07, 6.45) is 11.8. The van der Waals surface area contributed by atoms with Crippen molar-refractivity contribution in [3.63, 3.8) is 0 Å². The average Bonchev–Trinajstić information content (AvgIpc) is 3.52. The monoisotopic (exact) mass is 434 g/mol. The van der Waals surface area contributed by atoms with E-state index in [0.29, 0.717) is 5.41 Å². The van der Waals surface area contributed by atoms with E-state index in [9.17, 15) is 4.79 Å². The van der Waals surface area contributed by atoms with Gasteiger partial charge in [0.05, 0.1) is 5.69 Å². The van der Waals surface area contributed by atoms with E-state index in [1.165, 1.54) is 66.4 Å². The highest BCUT2D eigenvalue weighted by Gasteiger charge is 2.31. The van der Waals surface area contributed by atoms with Crippen molar-refractivity contribution < 1.29 is 4.79 Å². The molecule has 1 atom stereocenters. The maximum atomic E-state index is 9.96. The Kier molecular flexibility index (Phi) is 6.73. The number of hydrogen-bond acceptors (Lipinski definition) is 3. The molecule has 1 saturated carbocycles. The lowest BCUT2D eigenvalue weighted by Gasteiger charge is -2.32. The van der Waals surface area contributed by atoms with Crippen LogP contribution in [0.15, 0.2) is 24.3 Å². The molecule has 5 heteroatoms. The number of nitrogens with one attached hydrogen (secondary N) is 2. The highest BCUT2D eigenvalue weighted by molar-refractivity contribution is 5.88. The molecule has 0 bridgehead atoms. The van der Waals surface area contributed by atoms with Gasteiger partial charge in [-0.05, 0) is 48.8 Å². The molecule has 2 aliphatic rings. The molecule has 0 amide bonds. The Labute approximate surface area is 192 Å². The number of nitrogens with zero attached hydrogens (tertiary/aromatic N) is 2. The molecule has 0 radical (unpaired) electrons. The first-order valence-corrected chi connectivity index (χ1v) is 12.2. The van der Waals surface area contributed by atoms with Crippen LogP contribution in [0.1, 0.15) is 70.1 Å². The van der Waals surface area contributed by atoms with Crippen LogP contribution in [0, 0.1) is 11.3 Å². The van der Waals surface area contributed by atoms with Crippen LogP contribution in [0.5, 0.6) is 0 Å². The van der Waals surface area contributed by atoms with E-state index >= 15 is 0 Å². The number of hydrogen-bond donors (Lipinski definition) is 2. The van der Waals surface area contributed by atoms with Crippen molar-refractivity contribution >= 4 is 22.9 Å². The summed E-state index contributed by atoms with van der Waals surface area (Å²) in [6, 6.07) is 8.76. The fourth-order valence-electron chi connectivity index (χ4n) is 5.19. The van der Waals surface area contributed by atoms with E-state index < -0.39 is 0 Å². The Balaban J connectivity index is 0.000000260. The summed E-state index contributed by atoms with van der Waals surface area (Å²) < 4.78 is 0. The smallest absolute Gasteiger partial charge is 0.120 e. The van der Waals surface area contributed by atoms with Gasteiger partial charge in [0.2, 0.25) is 0 Å². The van der Waals surface area contributed by atoms with Crippen molar-refractivity contribution in [2.24, 2.45) is 11.3 Å². The summed E-state index contributed by atoms with van der Waals surface area (Å²) >= 11 is 0. The van der Waals surface area contributed by atoms with Gasteiger partial charge in [0.1, 0.15) is 12.0 Å². The molecule has 5 nitrogen and oxygen atoms in total. The minimum absolute atomic E-state index is 0.415. The number of aldehydes is 1. The fourth-order valence-corrected chi connectivity index (χ4v) is 5.19. The molecule has 1 fully saturated rings. The van der Waals surface area contributed by atoms with E-state index in [4.69, 9.17) is 0 Å². The topological polar surface area (TPSA) is 64.8 Å². The Hall–Kier alpha value is -2.56. The van der Waals surface area contributed by atoms with Crippen LogP contribution in [0.25, 0.3) is 22.3 Å². The molecule has 3 aromatic rings. The summed E-state index contributed by atoms with van der Waals surface area (Å²) in [7, 11) is 4.14. The van der Waals surface area contributed by atoms with Crippen molar-refractivity contribution in [1.29, 1.82) is 0 Å². The zero-order valence-electron chi connectivity index (χ0n) is 20.1. The lowest BCUT2D eigenvalue weighted by molar-refractivity contribution is -0.108. The summed E-state index contributed by atoms with van der Waals surface area (Å²) in [4.78, 5) is 15.7. The van der Waals surface area contributed by atoms with Crippen LogP contribution in [-0.4, -0.2) is 35.6 Å². The molecule has 1 aromatic carbocycles. The maximum Gasteiger partial charge on any atom is 0.120 e. The largest absolute Gasteiger partial charge is 0.378 e. The predicted molar refractivity (Wildman–Crippen MR) is 133 cm³/mol. The number of fused-ring (bicyclic) bond motifs is 2. The fraction of sp³-hybridized carbons (Fsp3) is 0.556. The van der Waals surface area contributed by atoms with Gasteiger partial charge in [-0.1, -0.05) is 52.0 Å². The van der Waals surface area contributed by atoms with Crippen molar-refractivity contribution in [3.8, 4) is 11.4 Å². The van der Waals surface area contributed by atoms with E-state index in [1.54, 1.807) is 0 Å². The molecule has 32 heavy (non-hydrogen) atoms. The van der Waals surface area contributed by atoms with Gasteiger partial charge in [-0.3, -0.25) is 5.10 Å². The molecule has 1 unspecified atom stereocenters. The molecule has 0 saturated heterocycles. The number of carbonyl (C=O) groups is 1. The number of aromatic amines is 2. The van der Waals surface area contributed by atoms with Crippen LogP contribution >= 0.6 is 0 Å². The Morgan fingerprint density at radius 3 is 2.69 bits per heavy atom. The Morgan fingerprint density at radius 1 is 1.22 bits per heavy atom. The molecule has 2 aliphatic carbocycles. The van der Waals surface area contributed by atoms with Gasteiger partial charge in [-0.2, -0.15) is 5.10 Å². The van der Waals surface area contributed by atoms with Gasteiger partial charge in [0.25, 0.3) is 0 Å². The van der Waals surface area contributed by atoms with Crippen molar-refractivity contribution in [2.75, 3.05) is 19.0 Å². The lowest BCUT2D eigenvalue weighted by atomic mass is 9.73. The molecule has 172 valence electrons. The van der Waals surface area contributed by atoms with Crippen molar-refractivity contribution in [1.82, 2.24) is 15.2 Å². The van der Waals surface area contributed by atoms with Gasteiger partial charge in [0, 0.05) is 48.4 Å². The molecular weight excluding hydrogens is 396 g/mol. The van der Waals surface area contributed by atoms with Crippen LogP contribution in [0.4, 0.5) is 5.69 Å². The molecule has 0 spiro atoms. The van der Waals surface area contributed by atoms with Crippen LogP contribution in [0.3, 0.4) is 0 Å². The minimum Gasteiger partial charge on any atom is -0.378 e. The van der Waals surface area contributed by atoms with Gasteiger partial charge in [-0.15, -0.1) is 0 Å². The second kappa shape index (κ2) is 9.51. The van der Waals surface area contributed by atoms with E-state index in [2.05, 4.69) is 72.3 Å². The third-order valence-electron chi connectivity index (χ3n) is 7.67. The SMILES string of the molecule is CCC1(C)CCc2c(-c3cc4ccc(N(C)C)cc4[nH]3)n[nH]c2C1.O=CCC1CCCC1. The summed E-state index contributed by atoms with van der Waals surface area (Å²) in [6.45, 7) is 4.68. The van der Waals surface area contributed by atoms with Gasteiger partial charge in [-0.25, -0.2) is 0 Å². The van der Waals surface area contributed by atoms with Crippen molar-refractivity contribution in [2.45, 2.75) is 71.6 Å². The highest BCUT2D eigenvalue weighted by atomic mass is 16.1.